The zero-order valence-corrected chi connectivity index (χ0v) is 12.5. The summed E-state index contributed by atoms with van der Waals surface area (Å²) in [5.41, 5.74) is 1.01. The van der Waals surface area contributed by atoms with Gasteiger partial charge in [-0.05, 0) is 35.7 Å². The lowest BCUT2D eigenvalue weighted by atomic mass is 10.3. The van der Waals surface area contributed by atoms with Crippen LogP contribution in [-0.4, -0.2) is 23.6 Å². The highest BCUT2D eigenvalue weighted by Gasteiger charge is 2.14. The molecule has 0 saturated heterocycles. The van der Waals surface area contributed by atoms with Crippen molar-refractivity contribution in [2.45, 2.75) is 39.7 Å². The van der Waals surface area contributed by atoms with Gasteiger partial charge in [0.25, 0.3) is 0 Å². The summed E-state index contributed by atoms with van der Waals surface area (Å²) in [5, 5.41) is 3.30. The first-order valence-electron chi connectivity index (χ1n) is 5.96. The van der Waals surface area contributed by atoms with E-state index in [0.29, 0.717) is 0 Å². The van der Waals surface area contributed by atoms with Gasteiger partial charge < -0.3 is 10.1 Å². The second-order valence-electron chi connectivity index (χ2n) is 3.85. The van der Waals surface area contributed by atoms with Crippen molar-refractivity contribution in [1.82, 2.24) is 9.97 Å². The summed E-state index contributed by atoms with van der Waals surface area (Å²) in [6.45, 7) is 7.06. The van der Waals surface area contributed by atoms with E-state index >= 15 is 0 Å². The normalized spacial score (nSPS) is 12.5. The lowest BCUT2D eigenvalue weighted by molar-refractivity contribution is 0.112. The van der Waals surface area contributed by atoms with E-state index in [4.69, 9.17) is 4.74 Å². The van der Waals surface area contributed by atoms with E-state index in [9.17, 15) is 0 Å². The molecular weight excluding hydrogens is 282 g/mol. The molecule has 0 aromatic carbocycles. The van der Waals surface area contributed by atoms with Crippen LogP contribution in [0.2, 0.25) is 0 Å². The Morgan fingerprint density at radius 1 is 1.35 bits per heavy atom. The molecule has 1 unspecified atom stereocenters. The van der Waals surface area contributed by atoms with Crippen LogP contribution in [-0.2, 0) is 11.2 Å². The number of anilines is 1. The highest BCUT2D eigenvalue weighted by atomic mass is 79.9. The third kappa shape index (κ3) is 3.64. The lowest BCUT2D eigenvalue weighted by Gasteiger charge is -2.14. The van der Waals surface area contributed by atoms with Crippen LogP contribution in [0.1, 0.15) is 44.8 Å². The molecule has 0 bridgehead atoms. The highest BCUT2D eigenvalue weighted by Crippen LogP contribution is 2.26. The van der Waals surface area contributed by atoms with Crippen molar-refractivity contribution in [2.75, 3.05) is 19.0 Å². The third-order valence-electron chi connectivity index (χ3n) is 2.53. The number of rotatable bonds is 6. The predicted octanol–water partition coefficient (Wildman–Crippen LogP) is 3.33. The molecule has 1 rings (SSSR count). The van der Waals surface area contributed by atoms with Crippen molar-refractivity contribution >= 4 is 21.7 Å². The van der Waals surface area contributed by atoms with Crippen LogP contribution in [0.4, 0.5) is 5.82 Å². The number of nitrogens with zero attached hydrogens (tertiary/aromatic N) is 2. The van der Waals surface area contributed by atoms with Gasteiger partial charge in [0.2, 0.25) is 0 Å². The standard InChI is InChI=1S/C12H20BrN3O/c1-5-7-14-12-10(13)9(6-2)15-11(16-12)8(3)17-4/h8H,5-7H2,1-4H3,(H,14,15,16). The van der Waals surface area contributed by atoms with Gasteiger partial charge in [-0.2, -0.15) is 0 Å². The van der Waals surface area contributed by atoms with E-state index in [0.717, 1.165) is 41.2 Å². The van der Waals surface area contributed by atoms with Crippen molar-refractivity contribution in [1.29, 1.82) is 0 Å². The molecule has 0 aliphatic rings. The second kappa shape index (κ2) is 6.91. The molecule has 0 aliphatic carbocycles. The van der Waals surface area contributed by atoms with Crippen LogP contribution in [0.3, 0.4) is 0 Å². The fourth-order valence-electron chi connectivity index (χ4n) is 1.39. The van der Waals surface area contributed by atoms with E-state index in [2.05, 4.69) is 45.1 Å². The summed E-state index contributed by atoms with van der Waals surface area (Å²) < 4.78 is 6.23. The van der Waals surface area contributed by atoms with Gasteiger partial charge in [-0.25, -0.2) is 9.97 Å². The Kier molecular flexibility index (Phi) is 5.85. The van der Waals surface area contributed by atoms with E-state index in [1.807, 2.05) is 6.92 Å². The van der Waals surface area contributed by atoms with Crippen LogP contribution in [0.5, 0.6) is 0 Å². The maximum absolute atomic E-state index is 5.27. The number of hydrogen-bond donors (Lipinski definition) is 1. The lowest BCUT2D eigenvalue weighted by Crippen LogP contribution is -2.11. The molecule has 1 aromatic heterocycles. The van der Waals surface area contributed by atoms with Crippen molar-refractivity contribution < 1.29 is 4.74 Å². The molecule has 0 spiro atoms. The topological polar surface area (TPSA) is 47.0 Å². The molecule has 0 aliphatic heterocycles. The summed E-state index contributed by atoms with van der Waals surface area (Å²) >= 11 is 3.55. The zero-order chi connectivity index (χ0) is 12.8. The minimum atomic E-state index is -0.0874. The molecular formula is C12H20BrN3O. The van der Waals surface area contributed by atoms with Crippen molar-refractivity contribution in [3.8, 4) is 0 Å². The fourth-order valence-corrected chi connectivity index (χ4v) is 1.99. The minimum Gasteiger partial charge on any atom is -0.374 e. The molecule has 0 radical (unpaired) electrons. The monoisotopic (exact) mass is 301 g/mol. The average Bonchev–Trinajstić information content (AvgIpc) is 2.36. The first kappa shape index (κ1) is 14.4. The Labute approximate surface area is 111 Å². The van der Waals surface area contributed by atoms with Crippen LogP contribution in [0, 0.1) is 0 Å². The van der Waals surface area contributed by atoms with E-state index < -0.39 is 0 Å². The maximum Gasteiger partial charge on any atom is 0.159 e. The molecule has 0 amide bonds. The van der Waals surface area contributed by atoms with Gasteiger partial charge in [0, 0.05) is 13.7 Å². The molecule has 96 valence electrons. The summed E-state index contributed by atoms with van der Waals surface area (Å²) in [5.74, 6) is 1.59. The summed E-state index contributed by atoms with van der Waals surface area (Å²) in [6, 6.07) is 0. The van der Waals surface area contributed by atoms with Crippen molar-refractivity contribution in [3.05, 3.63) is 16.0 Å². The van der Waals surface area contributed by atoms with Crippen LogP contribution < -0.4 is 5.32 Å². The molecule has 0 fully saturated rings. The van der Waals surface area contributed by atoms with Crippen LogP contribution in [0.15, 0.2) is 4.47 Å². The Morgan fingerprint density at radius 3 is 2.59 bits per heavy atom. The van der Waals surface area contributed by atoms with E-state index in [1.165, 1.54) is 0 Å². The number of nitrogens with one attached hydrogen (secondary N) is 1. The summed E-state index contributed by atoms with van der Waals surface area (Å²) in [6.07, 6.45) is 1.84. The number of ether oxygens (including phenoxy) is 1. The largest absolute Gasteiger partial charge is 0.374 e. The number of hydrogen-bond acceptors (Lipinski definition) is 4. The van der Waals surface area contributed by atoms with E-state index in [1.54, 1.807) is 7.11 Å². The summed E-state index contributed by atoms with van der Waals surface area (Å²) in [7, 11) is 1.67. The van der Waals surface area contributed by atoms with Gasteiger partial charge in [0.15, 0.2) is 5.82 Å². The zero-order valence-electron chi connectivity index (χ0n) is 10.9. The van der Waals surface area contributed by atoms with Crippen LogP contribution >= 0.6 is 15.9 Å². The molecule has 4 nitrogen and oxygen atoms in total. The minimum absolute atomic E-state index is 0.0874. The smallest absolute Gasteiger partial charge is 0.159 e. The van der Waals surface area contributed by atoms with Gasteiger partial charge in [0.1, 0.15) is 11.9 Å². The number of aromatic nitrogens is 2. The third-order valence-corrected chi connectivity index (χ3v) is 3.36. The molecule has 17 heavy (non-hydrogen) atoms. The Balaban J connectivity index is 3.09. The van der Waals surface area contributed by atoms with E-state index in [-0.39, 0.29) is 6.10 Å². The first-order chi connectivity index (χ1) is 8.13. The van der Waals surface area contributed by atoms with Gasteiger partial charge in [-0.15, -0.1) is 0 Å². The molecule has 1 N–H and O–H groups in total. The Bertz CT molecular complexity index is 371. The van der Waals surface area contributed by atoms with Crippen LogP contribution in [0.25, 0.3) is 0 Å². The van der Waals surface area contributed by atoms with Gasteiger partial charge in [-0.3, -0.25) is 0 Å². The van der Waals surface area contributed by atoms with Crippen molar-refractivity contribution in [2.24, 2.45) is 0 Å². The maximum atomic E-state index is 5.27. The highest BCUT2D eigenvalue weighted by molar-refractivity contribution is 9.10. The van der Waals surface area contributed by atoms with Gasteiger partial charge >= 0.3 is 0 Å². The molecule has 1 atom stereocenters. The van der Waals surface area contributed by atoms with Crippen molar-refractivity contribution in [3.63, 3.8) is 0 Å². The quantitative estimate of drug-likeness (QED) is 0.875. The Hall–Kier alpha value is -0.680. The second-order valence-corrected chi connectivity index (χ2v) is 4.64. The molecule has 5 heteroatoms. The number of aryl methyl sites for hydroxylation is 1. The number of halogens is 1. The summed E-state index contributed by atoms with van der Waals surface area (Å²) in [4.78, 5) is 9.00. The van der Waals surface area contributed by atoms with Gasteiger partial charge in [0.05, 0.1) is 10.2 Å². The first-order valence-corrected chi connectivity index (χ1v) is 6.76. The van der Waals surface area contributed by atoms with Gasteiger partial charge in [-0.1, -0.05) is 13.8 Å². The fraction of sp³-hybridized carbons (Fsp3) is 0.667. The molecule has 1 aromatic rings. The molecule has 1 heterocycles. The predicted molar refractivity (Wildman–Crippen MR) is 73.3 cm³/mol. The Morgan fingerprint density at radius 2 is 2.06 bits per heavy atom. The number of methoxy groups -OCH3 is 1. The SMILES string of the molecule is CCCNc1nc(C(C)OC)nc(CC)c1Br. The average molecular weight is 302 g/mol. The molecule has 0 saturated carbocycles.